The van der Waals surface area contributed by atoms with E-state index in [0.29, 0.717) is 0 Å². The van der Waals surface area contributed by atoms with E-state index in [1.54, 1.807) is 0 Å². The van der Waals surface area contributed by atoms with Crippen LogP contribution < -0.4 is 4.90 Å². The Hall–Kier alpha value is -2.76. The van der Waals surface area contributed by atoms with Crippen LogP contribution in [0.4, 0.5) is 5.69 Å². The number of aryl methyl sites for hydroxylation is 3. The summed E-state index contributed by atoms with van der Waals surface area (Å²) in [6, 6.07) is 8.56. The minimum absolute atomic E-state index is 0.111. The van der Waals surface area contributed by atoms with Crippen molar-refractivity contribution in [1.29, 1.82) is 0 Å². The van der Waals surface area contributed by atoms with E-state index in [1.807, 2.05) is 20.8 Å². The van der Waals surface area contributed by atoms with Crippen molar-refractivity contribution in [3.8, 4) is 5.88 Å². The molecule has 0 saturated carbocycles. The summed E-state index contributed by atoms with van der Waals surface area (Å²) in [6.07, 6.45) is 0. The van der Waals surface area contributed by atoms with E-state index in [1.165, 1.54) is 5.69 Å². The molecular formula is C20H27N5O. The van der Waals surface area contributed by atoms with Crippen molar-refractivity contribution < 1.29 is 5.11 Å². The molecule has 2 aromatic heterocycles. The van der Waals surface area contributed by atoms with Crippen LogP contribution in [0.15, 0.2) is 24.3 Å². The third kappa shape index (κ3) is 3.07. The first-order chi connectivity index (χ1) is 12.5. The minimum Gasteiger partial charge on any atom is -0.493 e. The lowest BCUT2D eigenvalue weighted by molar-refractivity contribution is 0.445. The highest BCUT2D eigenvalue weighted by Gasteiger charge is 2.28. The first-order valence-electron chi connectivity index (χ1n) is 9.08. The number of nitrogens with one attached hydrogen (secondary N) is 2. The molecule has 0 amide bonds. The first kappa shape index (κ1) is 18.0. The lowest BCUT2D eigenvalue weighted by atomic mass is 9.84. The molecule has 1 atom stereocenters. The second-order valence-electron chi connectivity index (χ2n) is 6.62. The zero-order valence-corrected chi connectivity index (χ0v) is 16.1. The molecule has 1 aromatic carbocycles. The Kier molecular flexibility index (Phi) is 5.02. The summed E-state index contributed by atoms with van der Waals surface area (Å²) in [5, 5.41) is 24.7. The van der Waals surface area contributed by atoms with E-state index < -0.39 is 0 Å². The van der Waals surface area contributed by atoms with Gasteiger partial charge in [-0.15, -0.1) is 0 Å². The molecule has 0 radical (unpaired) electrons. The monoisotopic (exact) mass is 353 g/mol. The summed E-state index contributed by atoms with van der Waals surface area (Å²) in [6.45, 7) is 12.2. The van der Waals surface area contributed by atoms with E-state index in [4.69, 9.17) is 0 Å². The lowest BCUT2D eigenvalue weighted by Crippen LogP contribution is -2.21. The molecule has 138 valence electrons. The van der Waals surface area contributed by atoms with Gasteiger partial charge in [0, 0.05) is 41.5 Å². The highest BCUT2D eigenvalue weighted by molar-refractivity contribution is 5.54. The average Bonchev–Trinajstić information content (AvgIpc) is 3.14. The van der Waals surface area contributed by atoms with Gasteiger partial charge in [0.15, 0.2) is 0 Å². The van der Waals surface area contributed by atoms with Crippen molar-refractivity contribution in [2.75, 3.05) is 18.0 Å². The highest BCUT2D eigenvalue weighted by Crippen LogP contribution is 2.40. The number of benzene rings is 1. The summed E-state index contributed by atoms with van der Waals surface area (Å²) in [4.78, 5) is 2.31. The predicted molar refractivity (Wildman–Crippen MR) is 104 cm³/mol. The fourth-order valence-electron chi connectivity index (χ4n) is 3.70. The molecule has 0 bridgehead atoms. The number of aromatic hydroxyl groups is 1. The standard InChI is InChI=1S/C20H27N5O/c1-6-25(7-2)16-10-8-15(9-11-16)19(17-12(3)21-22-13(17)4)18-14(5)23-24-20(18)26/h8-11,19H,6-7H2,1-5H3,(H,21,22)(H2,23,24,26). The summed E-state index contributed by atoms with van der Waals surface area (Å²) in [5.74, 6) is -0.0152. The van der Waals surface area contributed by atoms with Gasteiger partial charge in [-0.3, -0.25) is 5.10 Å². The highest BCUT2D eigenvalue weighted by atomic mass is 16.3. The van der Waals surface area contributed by atoms with Gasteiger partial charge in [-0.05, 0) is 52.3 Å². The topological polar surface area (TPSA) is 80.8 Å². The molecule has 0 fully saturated rings. The smallest absolute Gasteiger partial charge is 0.211 e. The zero-order chi connectivity index (χ0) is 18.8. The fourth-order valence-corrected chi connectivity index (χ4v) is 3.70. The molecule has 3 aromatic rings. The number of H-pyrrole nitrogens is 2. The van der Waals surface area contributed by atoms with Crippen LogP contribution in [-0.4, -0.2) is 38.6 Å². The molecular weight excluding hydrogens is 326 g/mol. The number of anilines is 1. The number of hydrogen-bond acceptors (Lipinski definition) is 4. The summed E-state index contributed by atoms with van der Waals surface area (Å²) in [5.41, 5.74) is 6.91. The van der Waals surface area contributed by atoms with Gasteiger partial charge in [-0.25, -0.2) is 5.10 Å². The van der Waals surface area contributed by atoms with E-state index in [9.17, 15) is 5.11 Å². The van der Waals surface area contributed by atoms with E-state index >= 15 is 0 Å². The molecule has 0 aliphatic carbocycles. The number of aromatic nitrogens is 4. The van der Waals surface area contributed by atoms with Crippen molar-refractivity contribution in [3.63, 3.8) is 0 Å². The molecule has 6 nitrogen and oxygen atoms in total. The van der Waals surface area contributed by atoms with Crippen molar-refractivity contribution in [3.05, 3.63) is 58.0 Å². The summed E-state index contributed by atoms with van der Waals surface area (Å²) < 4.78 is 0. The van der Waals surface area contributed by atoms with Crippen LogP contribution in [-0.2, 0) is 0 Å². The second kappa shape index (κ2) is 7.23. The SMILES string of the molecule is CCN(CC)c1ccc(C(c2c(C)n[nH]c2C)c2c(C)n[nH]c2O)cc1. The maximum atomic E-state index is 10.4. The summed E-state index contributed by atoms with van der Waals surface area (Å²) >= 11 is 0. The van der Waals surface area contributed by atoms with Crippen LogP contribution in [0.3, 0.4) is 0 Å². The summed E-state index contributed by atoms with van der Waals surface area (Å²) in [7, 11) is 0. The van der Waals surface area contributed by atoms with E-state index in [0.717, 1.165) is 46.9 Å². The predicted octanol–water partition coefficient (Wildman–Crippen LogP) is 3.79. The molecule has 1 unspecified atom stereocenters. The first-order valence-corrected chi connectivity index (χ1v) is 9.08. The fraction of sp³-hybridized carbons (Fsp3) is 0.400. The van der Waals surface area contributed by atoms with Crippen LogP contribution >= 0.6 is 0 Å². The Morgan fingerprint density at radius 2 is 1.50 bits per heavy atom. The Balaban J connectivity index is 2.13. The molecule has 3 N–H and O–H groups in total. The van der Waals surface area contributed by atoms with Crippen LogP contribution in [0.1, 0.15) is 53.5 Å². The molecule has 0 saturated heterocycles. The second-order valence-corrected chi connectivity index (χ2v) is 6.62. The Morgan fingerprint density at radius 3 is 1.96 bits per heavy atom. The van der Waals surface area contributed by atoms with Gasteiger partial charge in [0.1, 0.15) is 0 Å². The van der Waals surface area contributed by atoms with Crippen molar-refractivity contribution >= 4 is 5.69 Å². The number of aromatic amines is 2. The maximum absolute atomic E-state index is 10.4. The molecule has 26 heavy (non-hydrogen) atoms. The van der Waals surface area contributed by atoms with Crippen LogP contribution in [0.25, 0.3) is 0 Å². The van der Waals surface area contributed by atoms with Crippen LogP contribution in [0.2, 0.25) is 0 Å². The van der Waals surface area contributed by atoms with Gasteiger partial charge >= 0.3 is 0 Å². The average molecular weight is 353 g/mol. The van der Waals surface area contributed by atoms with E-state index in [-0.39, 0.29) is 11.8 Å². The van der Waals surface area contributed by atoms with Gasteiger partial charge in [0.25, 0.3) is 0 Å². The Bertz CT molecular complexity index is 789. The van der Waals surface area contributed by atoms with Gasteiger partial charge in [0.2, 0.25) is 5.88 Å². The van der Waals surface area contributed by atoms with Crippen molar-refractivity contribution in [2.45, 2.75) is 40.5 Å². The Labute approximate surface area is 154 Å². The van der Waals surface area contributed by atoms with Gasteiger partial charge < -0.3 is 10.0 Å². The van der Waals surface area contributed by atoms with E-state index in [2.05, 4.69) is 63.4 Å². The third-order valence-corrected chi connectivity index (χ3v) is 5.09. The molecule has 6 heteroatoms. The number of nitrogens with zero attached hydrogens (tertiary/aromatic N) is 3. The molecule has 0 aliphatic rings. The van der Waals surface area contributed by atoms with Gasteiger partial charge in [0.05, 0.1) is 11.4 Å². The largest absolute Gasteiger partial charge is 0.493 e. The zero-order valence-electron chi connectivity index (χ0n) is 16.1. The Morgan fingerprint density at radius 1 is 0.923 bits per heavy atom. The number of hydrogen-bond donors (Lipinski definition) is 3. The normalized spacial score (nSPS) is 12.3. The van der Waals surface area contributed by atoms with Crippen molar-refractivity contribution in [2.24, 2.45) is 0 Å². The minimum atomic E-state index is -0.127. The van der Waals surface area contributed by atoms with Crippen molar-refractivity contribution in [1.82, 2.24) is 20.4 Å². The lowest BCUT2D eigenvalue weighted by Gasteiger charge is -2.23. The van der Waals surface area contributed by atoms with Crippen LogP contribution in [0, 0.1) is 20.8 Å². The molecule has 3 rings (SSSR count). The molecule has 2 heterocycles. The number of rotatable bonds is 6. The van der Waals surface area contributed by atoms with Gasteiger partial charge in [-0.2, -0.15) is 10.2 Å². The van der Waals surface area contributed by atoms with Gasteiger partial charge in [-0.1, -0.05) is 12.1 Å². The molecule has 0 spiro atoms. The van der Waals surface area contributed by atoms with Crippen LogP contribution in [0.5, 0.6) is 5.88 Å². The third-order valence-electron chi connectivity index (χ3n) is 5.09. The quantitative estimate of drug-likeness (QED) is 0.630. The maximum Gasteiger partial charge on any atom is 0.211 e. The molecule has 0 aliphatic heterocycles.